The summed E-state index contributed by atoms with van der Waals surface area (Å²) in [4.78, 5) is 22.5. The van der Waals surface area contributed by atoms with Gasteiger partial charge in [0.15, 0.2) is 0 Å². The van der Waals surface area contributed by atoms with Gasteiger partial charge >= 0.3 is 0 Å². The van der Waals surface area contributed by atoms with Gasteiger partial charge in [0.05, 0.1) is 12.1 Å². The van der Waals surface area contributed by atoms with E-state index in [1.54, 1.807) is 6.07 Å². The molecule has 0 aliphatic rings. The van der Waals surface area contributed by atoms with Gasteiger partial charge in [0, 0.05) is 17.7 Å². The molecule has 0 fully saturated rings. The smallest absolute Gasteiger partial charge is 0.265 e. The average Bonchev–Trinajstić information content (AvgIpc) is 2.36. The lowest BCUT2D eigenvalue weighted by Gasteiger charge is -2.06. The second-order valence-corrected chi connectivity index (χ2v) is 3.62. The number of halogens is 1. The highest BCUT2D eigenvalue weighted by Crippen LogP contribution is 2.12. The fourth-order valence-corrected chi connectivity index (χ4v) is 1.54. The normalized spacial score (nSPS) is 10.0. The minimum Gasteiger partial charge on any atom is -0.268 e. The molecule has 6 heteroatoms. The predicted octanol–water partition coefficient (Wildman–Crippen LogP) is 0.596. The molecule has 90 valence electrons. The SMILES string of the molecule is N#Cc1cccc(Cn2[nH]c(=O)ccc2=O)c1F. The molecule has 0 spiro atoms. The number of hydrogen-bond acceptors (Lipinski definition) is 3. The molecule has 0 saturated carbocycles. The molecule has 0 unspecified atom stereocenters. The molecule has 2 aromatic rings. The van der Waals surface area contributed by atoms with Crippen LogP contribution in [0, 0.1) is 17.1 Å². The van der Waals surface area contributed by atoms with Crippen LogP contribution in [0.5, 0.6) is 0 Å². The van der Waals surface area contributed by atoms with Crippen molar-refractivity contribution in [3.63, 3.8) is 0 Å². The van der Waals surface area contributed by atoms with Crippen molar-refractivity contribution in [1.29, 1.82) is 5.26 Å². The van der Waals surface area contributed by atoms with E-state index in [0.717, 1.165) is 16.8 Å². The van der Waals surface area contributed by atoms with Crippen LogP contribution >= 0.6 is 0 Å². The van der Waals surface area contributed by atoms with Crippen molar-refractivity contribution in [3.8, 4) is 6.07 Å². The summed E-state index contributed by atoms with van der Waals surface area (Å²) in [5.41, 5.74) is -0.834. The molecule has 0 aliphatic heterocycles. The van der Waals surface area contributed by atoms with Crippen LogP contribution in [-0.2, 0) is 6.54 Å². The first-order chi connectivity index (χ1) is 8.61. The number of nitrogens with zero attached hydrogens (tertiary/aromatic N) is 2. The number of nitrogens with one attached hydrogen (secondary N) is 1. The van der Waals surface area contributed by atoms with Gasteiger partial charge in [-0.25, -0.2) is 9.07 Å². The summed E-state index contributed by atoms with van der Waals surface area (Å²) in [5, 5.41) is 11.0. The molecule has 5 nitrogen and oxygen atoms in total. The molecular weight excluding hydrogens is 237 g/mol. The van der Waals surface area contributed by atoms with E-state index in [4.69, 9.17) is 5.26 Å². The molecule has 0 atom stereocenters. The zero-order valence-electron chi connectivity index (χ0n) is 9.18. The fraction of sp³-hybridized carbons (Fsp3) is 0.0833. The van der Waals surface area contributed by atoms with Gasteiger partial charge in [0.1, 0.15) is 11.9 Å². The van der Waals surface area contributed by atoms with E-state index >= 15 is 0 Å². The zero-order valence-corrected chi connectivity index (χ0v) is 9.18. The van der Waals surface area contributed by atoms with Crippen molar-refractivity contribution in [1.82, 2.24) is 9.78 Å². The van der Waals surface area contributed by atoms with Gasteiger partial charge in [-0.1, -0.05) is 12.1 Å². The Kier molecular flexibility index (Phi) is 3.06. The van der Waals surface area contributed by atoms with Gasteiger partial charge in [0.25, 0.3) is 11.1 Å². The van der Waals surface area contributed by atoms with Crippen molar-refractivity contribution in [2.75, 3.05) is 0 Å². The summed E-state index contributed by atoms with van der Waals surface area (Å²) in [5.74, 6) is -0.684. The summed E-state index contributed by atoms with van der Waals surface area (Å²) in [6.45, 7) is -0.129. The maximum absolute atomic E-state index is 13.8. The minimum atomic E-state index is -0.684. The van der Waals surface area contributed by atoms with Crippen LogP contribution in [0.2, 0.25) is 0 Å². The van der Waals surface area contributed by atoms with Crippen LogP contribution in [-0.4, -0.2) is 9.78 Å². The van der Waals surface area contributed by atoms with Crippen molar-refractivity contribution in [2.45, 2.75) is 6.54 Å². The second kappa shape index (κ2) is 4.67. The Morgan fingerprint density at radius 1 is 1.28 bits per heavy atom. The van der Waals surface area contributed by atoms with Crippen LogP contribution in [0.4, 0.5) is 4.39 Å². The lowest BCUT2D eigenvalue weighted by molar-refractivity contribution is 0.566. The van der Waals surface area contributed by atoms with Crippen LogP contribution in [0.1, 0.15) is 11.1 Å². The van der Waals surface area contributed by atoms with Gasteiger partial charge in [-0.15, -0.1) is 0 Å². The number of benzene rings is 1. The maximum atomic E-state index is 13.8. The lowest BCUT2D eigenvalue weighted by Crippen LogP contribution is -2.28. The van der Waals surface area contributed by atoms with Crippen molar-refractivity contribution in [3.05, 3.63) is 68.0 Å². The Morgan fingerprint density at radius 2 is 2.06 bits per heavy atom. The number of aromatic amines is 1. The number of aromatic nitrogens is 2. The van der Waals surface area contributed by atoms with E-state index in [9.17, 15) is 14.0 Å². The summed E-state index contributed by atoms with van der Waals surface area (Å²) in [7, 11) is 0. The van der Waals surface area contributed by atoms with Gasteiger partial charge in [-0.3, -0.25) is 14.7 Å². The Balaban J connectivity index is 2.47. The van der Waals surface area contributed by atoms with Crippen molar-refractivity contribution >= 4 is 0 Å². The Morgan fingerprint density at radius 3 is 2.78 bits per heavy atom. The molecule has 1 heterocycles. The highest BCUT2D eigenvalue weighted by Gasteiger charge is 2.08. The molecular formula is C12H8FN3O2. The summed E-state index contributed by atoms with van der Waals surface area (Å²) in [6.07, 6.45) is 0. The van der Waals surface area contributed by atoms with E-state index in [2.05, 4.69) is 5.10 Å². The first-order valence-corrected chi connectivity index (χ1v) is 5.09. The molecule has 1 aromatic carbocycles. The number of H-pyrrole nitrogens is 1. The Hall–Kier alpha value is -2.68. The zero-order chi connectivity index (χ0) is 13.1. The molecule has 0 aliphatic carbocycles. The molecule has 18 heavy (non-hydrogen) atoms. The molecule has 1 N–H and O–H groups in total. The third kappa shape index (κ3) is 2.20. The molecule has 1 aromatic heterocycles. The maximum Gasteiger partial charge on any atom is 0.265 e. The third-order valence-corrected chi connectivity index (χ3v) is 2.42. The molecule has 0 amide bonds. The summed E-state index contributed by atoms with van der Waals surface area (Å²) in [6, 6.07) is 8.23. The topological polar surface area (TPSA) is 78.7 Å². The first kappa shape index (κ1) is 11.8. The van der Waals surface area contributed by atoms with Crippen LogP contribution in [0.15, 0.2) is 39.9 Å². The number of nitriles is 1. The van der Waals surface area contributed by atoms with Gasteiger partial charge in [-0.05, 0) is 6.07 Å². The minimum absolute atomic E-state index is 0.0983. The summed E-state index contributed by atoms with van der Waals surface area (Å²) >= 11 is 0. The largest absolute Gasteiger partial charge is 0.268 e. The van der Waals surface area contributed by atoms with Crippen LogP contribution in [0.3, 0.4) is 0 Å². The van der Waals surface area contributed by atoms with Gasteiger partial charge < -0.3 is 0 Å². The van der Waals surface area contributed by atoms with E-state index in [1.807, 2.05) is 0 Å². The monoisotopic (exact) mass is 245 g/mol. The third-order valence-electron chi connectivity index (χ3n) is 2.42. The van der Waals surface area contributed by atoms with E-state index in [-0.39, 0.29) is 17.7 Å². The van der Waals surface area contributed by atoms with Gasteiger partial charge in [0.2, 0.25) is 0 Å². The van der Waals surface area contributed by atoms with Crippen LogP contribution < -0.4 is 11.1 Å². The Bertz CT molecular complexity index is 740. The molecule has 0 saturated heterocycles. The highest BCUT2D eigenvalue weighted by atomic mass is 19.1. The molecule has 0 bridgehead atoms. The number of rotatable bonds is 2. The fourth-order valence-electron chi connectivity index (χ4n) is 1.54. The predicted molar refractivity (Wildman–Crippen MR) is 61.5 cm³/mol. The first-order valence-electron chi connectivity index (χ1n) is 5.09. The average molecular weight is 245 g/mol. The number of hydrogen-bond donors (Lipinski definition) is 1. The second-order valence-electron chi connectivity index (χ2n) is 3.62. The lowest BCUT2D eigenvalue weighted by atomic mass is 10.1. The van der Waals surface area contributed by atoms with E-state index < -0.39 is 16.9 Å². The van der Waals surface area contributed by atoms with Crippen LogP contribution in [0.25, 0.3) is 0 Å². The molecule has 2 rings (SSSR count). The quantitative estimate of drug-likeness (QED) is 0.841. The highest BCUT2D eigenvalue weighted by molar-refractivity contribution is 5.34. The van der Waals surface area contributed by atoms with E-state index in [1.165, 1.54) is 18.2 Å². The van der Waals surface area contributed by atoms with Crippen molar-refractivity contribution in [2.24, 2.45) is 0 Å². The molecule has 0 radical (unpaired) electrons. The van der Waals surface area contributed by atoms with Gasteiger partial charge in [-0.2, -0.15) is 5.26 Å². The van der Waals surface area contributed by atoms with E-state index in [0.29, 0.717) is 0 Å². The standard InChI is InChI=1S/C12H8FN3O2/c13-12-8(6-14)2-1-3-9(12)7-16-11(18)5-4-10(17)15-16/h1-5H,7H2,(H,15,17). The Labute approximate surface area is 101 Å². The summed E-state index contributed by atoms with van der Waals surface area (Å²) < 4.78 is 14.7. The van der Waals surface area contributed by atoms with Crippen molar-refractivity contribution < 1.29 is 4.39 Å².